The molecule has 0 aliphatic heterocycles. The van der Waals surface area contributed by atoms with Gasteiger partial charge < -0.3 is 20.1 Å². The van der Waals surface area contributed by atoms with Gasteiger partial charge in [-0.2, -0.15) is 0 Å². The Hall–Kier alpha value is -2.92. The molecule has 162 valence electrons. The second kappa shape index (κ2) is 10.4. The van der Waals surface area contributed by atoms with E-state index in [0.717, 1.165) is 16.7 Å². The molecule has 0 atom stereocenters. The monoisotopic (exact) mass is 438 g/mol. The zero-order valence-corrected chi connectivity index (χ0v) is 18.6. The SMILES string of the molecule is CCOP(=O)(Cc1ccc(C(=O)Nc2cc(-c3ccccc3)ccc2N)cc1)OCC. The highest BCUT2D eigenvalue weighted by Gasteiger charge is 2.24. The molecule has 6 nitrogen and oxygen atoms in total. The number of benzene rings is 3. The van der Waals surface area contributed by atoms with Crippen molar-refractivity contribution in [3.8, 4) is 11.1 Å². The molecule has 3 N–H and O–H groups in total. The van der Waals surface area contributed by atoms with Crippen molar-refractivity contribution in [1.29, 1.82) is 0 Å². The largest absolute Gasteiger partial charge is 0.397 e. The van der Waals surface area contributed by atoms with E-state index in [9.17, 15) is 9.36 Å². The molecule has 0 spiro atoms. The summed E-state index contributed by atoms with van der Waals surface area (Å²) >= 11 is 0. The Bertz CT molecular complexity index is 1060. The number of rotatable bonds is 9. The van der Waals surface area contributed by atoms with Crippen molar-refractivity contribution < 1.29 is 18.4 Å². The van der Waals surface area contributed by atoms with Crippen molar-refractivity contribution in [2.24, 2.45) is 0 Å². The summed E-state index contributed by atoms with van der Waals surface area (Å²) in [4.78, 5) is 12.7. The Balaban J connectivity index is 1.73. The Morgan fingerprint density at radius 2 is 1.55 bits per heavy atom. The summed E-state index contributed by atoms with van der Waals surface area (Å²) in [5, 5.41) is 2.88. The van der Waals surface area contributed by atoms with E-state index < -0.39 is 7.60 Å². The van der Waals surface area contributed by atoms with Crippen molar-refractivity contribution in [3.05, 3.63) is 83.9 Å². The third-order valence-electron chi connectivity index (χ3n) is 4.65. The Morgan fingerprint density at radius 3 is 2.16 bits per heavy atom. The molecular weight excluding hydrogens is 411 g/mol. The third-order valence-corrected chi connectivity index (χ3v) is 6.71. The van der Waals surface area contributed by atoms with Gasteiger partial charge in [0.05, 0.1) is 30.8 Å². The van der Waals surface area contributed by atoms with Gasteiger partial charge in [0.25, 0.3) is 5.91 Å². The molecule has 0 aliphatic rings. The van der Waals surface area contributed by atoms with Crippen LogP contribution in [0, 0.1) is 0 Å². The number of carbonyl (C=O) groups excluding carboxylic acids is 1. The normalized spacial score (nSPS) is 11.3. The first kappa shape index (κ1) is 22.8. The maximum absolute atomic E-state index is 12.7. The Labute approximate surface area is 182 Å². The van der Waals surface area contributed by atoms with Crippen molar-refractivity contribution >= 4 is 24.9 Å². The van der Waals surface area contributed by atoms with E-state index in [1.54, 1.807) is 44.2 Å². The second-order valence-corrected chi connectivity index (χ2v) is 8.98. The summed E-state index contributed by atoms with van der Waals surface area (Å²) < 4.78 is 23.4. The molecule has 3 aromatic carbocycles. The van der Waals surface area contributed by atoms with Gasteiger partial charge in [0.2, 0.25) is 0 Å². The van der Waals surface area contributed by atoms with Crippen LogP contribution in [0.25, 0.3) is 11.1 Å². The Kier molecular flexibility index (Phi) is 7.64. The van der Waals surface area contributed by atoms with Crippen molar-refractivity contribution in [3.63, 3.8) is 0 Å². The molecule has 1 amide bonds. The van der Waals surface area contributed by atoms with Gasteiger partial charge in [0.1, 0.15) is 0 Å². The molecule has 0 aromatic heterocycles. The highest BCUT2D eigenvalue weighted by molar-refractivity contribution is 7.53. The molecule has 0 saturated carbocycles. The summed E-state index contributed by atoms with van der Waals surface area (Å²) in [7, 11) is -3.19. The van der Waals surface area contributed by atoms with Gasteiger partial charge in [-0.15, -0.1) is 0 Å². The van der Waals surface area contributed by atoms with Crippen LogP contribution >= 0.6 is 7.60 Å². The van der Waals surface area contributed by atoms with Gasteiger partial charge in [-0.1, -0.05) is 48.5 Å². The van der Waals surface area contributed by atoms with E-state index in [1.807, 2.05) is 42.5 Å². The van der Waals surface area contributed by atoms with Crippen LogP contribution < -0.4 is 11.1 Å². The summed E-state index contributed by atoms with van der Waals surface area (Å²) in [5.41, 5.74) is 10.3. The molecule has 31 heavy (non-hydrogen) atoms. The third kappa shape index (κ3) is 6.05. The summed E-state index contributed by atoms with van der Waals surface area (Å²) in [5.74, 6) is -0.277. The minimum absolute atomic E-state index is 0.155. The van der Waals surface area contributed by atoms with E-state index in [0.29, 0.717) is 30.2 Å². The van der Waals surface area contributed by atoms with Crippen LogP contribution in [-0.2, 0) is 19.8 Å². The molecule has 3 rings (SSSR count). The van der Waals surface area contributed by atoms with E-state index in [2.05, 4.69) is 5.32 Å². The second-order valence-electron chi connectivity index (χ2n) is 6.92. The van der Waals surface area contributed by atoms with Crippen LogP contribution in [-0.4, -0.2) is 19.1 Å². The number of hydrogen-bond donors (Lipinski definition) is 2. The smallest absolute Gasteiger partial charge is 0.335 e. The lowest BCUT2D eigenvalue weighted by atomic mass is 10.0. The fourth-order valence-corrected chi connectivity index (χ4v) is 4.88. The average Bonchev–Trinajstić information content (AvgIpc) is 2.76. The van der Waals surface area contributed by atoms with Gasteiger partial charge in [-0.25, -0.2) is 0 Å². The molecule has 0 aliphatic carbocycles. The average molecular weight is 438 g/mol. The minimum atomic E-state index is -3.19. The predicted molar refractivity (Wildman–Crippen MR) is 125 cm³/mol. The van der Waals surface area contributed by atoms with Gasteiger partial charge in [-0.3, -0.25) is 9.36 Å². The maximum Gasteiger partial charge on any atom is 0.335 e. The fraction of sp³-hybridized carbons (Fsp3) is 0.208. The summed E-state index contributed by atoms with van der Waals surface area (Å²) in [6.45, 7) is 4.16. The van der Waals surface area contributed by atoms with Gasteiger partial charge >= 0.3 is 7.60 Å². The van der Waals surface area contributed by atoms with Crippen LogP contribution in [0.5, 0.6) is 0 Å². The van der Waals surface area contributed by atoms with Crippen LogP contribution in [0.3, 0.4) is 0 Å². The fourth-order valence-electron chi connectivity index (χ4n) is 3.18. The number of hydrogen-bond acceptors (Lipinski definition) is 5. The van der Waals surface area contributed by atoms with E-state index >= 15 is 0 Å². The Morgan fingerprint density at radius 1 is 0.903 bits per heavy atom. The molecule has 0 fully saturated rings. The first-order valence-corrected chi connectivity index (χ1v) is 11.9. The zero-order valence-electron chi connectivity index (χ0n) is 17.7. The molecule has 7 heteroatoms. The van der Waals surface area contributed by atoms with Crippen molar-refractivity contribution in [2.75, 3.05) is 24.3 Å². The lowest BCUT2D eigenvalue weighted by Crippen LogP contribution is -2.13. The molecule has 0 radical (unpaired) electrons. The number of anilines is 2. The standard InChI is InChI=1S/C24H27N2O4P/c1-3-29-31(28,30-4-2)17-18-10-12-20(13-11-18)24(27)26-23-16-21(14-15-22(23)25)19-8-6-5-7-9-19/h5-16H,3-4,17,25H2,1-2H3,(H,26,27). The van der Waals surface area contributed by atoms with Gasteiger partial charge in [0, 0.05) is 5.56 Å². The van der Waals surface area contributed by atoms with Crippen LogP contribution in [0.4, 0.5) is 11.4 Å². The van der Waals surface area contributed by atoms with Crippen LogP contribution in [0.1, 0.15) is 29.8 Å². The lowest BCUT2D eigenvalue weighted by Gasteiger charge is -2.17. The molecule has 3 aromatic rings. The molecule has 0 unspecified atom stereocenters. The highest BCUT2D eigenvalue weighted by atomic mass is 31.2. The number of nitrogens with one attached hydrogen (secondary N) is 1. The molecule has 0 heterocycles. The molecule has 0 saturated heterocycles. The summed E-state index contributed by atoms with van der Waals surface area (Å²) in [6, 6.07) is 22.3. The topological polar surface area (TPSA) is 90.7 Å². The van der Waals surface area contributed by atoms with Gasteiger partial charge in [0.15, 0.2) is 0 Å². The summed E-state index contributed by atoms with van der Waals surface area (Å²) in [6.07, 6.45) is 0.155. The predicted octanol–water partition coefficient (Wildman–Crippen LogP) is 5.95. The minimum Gasteiger partial charge on any atom is -0.397 e. The first-order valence-electron chi connectivity index (χ1n) is 10.2. The number of amides is 1. The van der Waals surface area contributed by atoms with Crippen molar-refractivity contribution in [1.82, 2.24) is 0 Å². The first-order chi connectivity index (χ1) is 14.9. The number of nitrogen functional groups attached to an aromatic ring is 1. The maximum atomic E-state index is 12.7. The van der Waals surface area contributed by atoms with E-state index in [1.165, 1.54) is 0 Å². The van der Waals surface area contributed by atoms with Crippen molar-refractivity contribution in [2.45, 2.75) is 20.0 Å². The number of nitrogens with two attached hydrogens (primary N) is 1. The highest BCUT2D eigenvalue weighted by Crippen LogP contribution is 2.51. The van der Waals surface area contributed by atoms with Crippen LogP contribution in [0.2, 0.25) is 0 Å². The zero-order chi connectivity index (χ0) is 22.3. The molecular formula is C24H27N2O4P. The van der Waals surface area contributed by atoms with Gasteiger partial charge in [-0.05, 0) is 54.8 Å². The van der Waals surface area contributed by atoms with E-state index in [4.69, 9.17) is 14.8 Å². The quantitative estimate of drug-likeness (QED) is 0.318. The van der Waals surface area contributed by atoms with E-state index in [-0.39, 0.29) is 12.1 Å². The number of carbonyl (C=O) groups is 1. The lowest BCUT2D eigenvalue weighted by molar-refractivity contribution is 0.102. The van der Waals surface area contributed by atoms with Crippen LogP contribution in [0.15, 0.2) is 72.8 Å². The molecule has 0 bridgehead atoms.